The lowest BCUT2D eigenvalue weighted by Gasteiger charge is -2.00. The van der Waals surface area contributed by atoms with Crippen molar-refractivity contribution in [2.24, 2.45) is 0 Å². The number of aldehydes is 1. The molecule has 1 aromatic heterocycles. The van der Waals surface area contributed by atoms with Crippen molar-refractivity contribution >= 4 is 6.29 Å². The average molecular weight is 183 g/mol. The summed E-state index contributed by atoms with van der Waals surface area (Å²) in [6.07, 6.45) is 2.29. The van der Waals surface area contributed by atoms with Crippen molar-refractivity contribution in [2.75, 3.05) is 6.61 Å². The van der Waals surface area contributed by atoms with Gasteiger partial charge in [0.15, 0.2) is 6.29 Å². The van der Waals surface area contributed by atoms with Crippen molar-refractivity contribution in [3.05, 3.63) is 11.4 Å². The first-order valence-corrected chi connectivity index (χ1v) is 4.25. The van der Waals surface area contributed by atoms with Crippen LogP contribution in [0.15, 0.2) is 0 Å². The van der Waals surface area contributed by atoms with Crippen molar-refractivity contribution in [3.8, 4) is 0 Å². The van der Waals surface area contributed by atoms with Gasteiger partial charge in [0.2, 0.25) is 0 Å². The molecule has 5 nitrogen and oxygen atoms in total. The van der Waals surface area contributed by atoms with E-state index in [1.807, 2.05) is 6.92 Å². The standard InChI is InChI=1S/C8H13N3O2/c1-7-8(6-13)9-10-11(7)4-2-3-5-12/h6,12H,2-5H2,1H3. The summed E-state index contributed by atoms with van der Waals surface area (Å²) in [5, 5.41) is 16.1. The predicted octanol–water partition coefficient (Wildman–Crippen LogP) is 0.172. The van der Waals surface area contributed by atoms with Gasteiger partial charge in [-0.1, -0.05) is 5.21 Å². The largest absolute Gasteiger partial charge is 0.396 e. The molecular weight excluding hydrogens is 170 g/mol. The van der Waals surface area contributed by atoms with E-state index in [1.54, 1.807) is 4.68 Å². The summed E-state index contributed by atoms with van der Waals surface area (Å²) < 4.78 is 1.68. The van der Waals surface area contributed by atoms with E-state index in [2.05, 4.69) is 10.3 Å². The number of aryl methyl sites for hydroxylation is 1. The Morgan fingerprint density at radius 1 is 1.54 bits per heavy atom. The van der Waals surface area contributed by atoms with Crippen molar-refractivity contribution in [1.29, 1.82) is 0 Å². The quantitative estimate of drug-likeness (QED) is 0.522. The van der Waals surface area contributed by atoms with Crippen molar-refractivity contribution in [3.63, 3.8) is 0 Å². The second-order valence-electron chi connectivity index (χ2n) is 2.83. The van der Waals surface area contributed by atoms with Gasteiger partial charge in [0.05, 0.1) is 5.69 Å². The fourth-order valence-electron chi connectivity index (χ4n) is 1.07. The van der Waals surface area contributed by atoms with Crippen LogP contribution in [0.5, 0.6) is 0 Å². The minimum atomic E-state index is 0.189. The molecular formula is C8H13N3O2. The van der Waals surface area contributed by atoms with Gasteiger partial charge in [-0.15, -0.1) is 5.10 Å². The Labute approximate surface area is 76.4 Å². The molecule has 5 heteroatoms. The molecule has 1 aromatic rings. The van der Waals surface area contributed by atoms with E-state index in [0.717, 1.165) is 18.5 Å². The number of hydrogen-bond acceptors (Lipinski definition) is 4. The van der Waals surface area contributed by atoms with Gasteiger partial charge in [0.25, 0.3) is 0 Å². The first kappa shape index (κ1) is 9.85. The molecule has 1 rings (SSSR count). The lowest BCUT2D eigenvalue weighted by atomic mass is 10.3. The zero-order valence-corrected chi connectivity index (χ0v) is 7.60. The van der Waals surface area contributed by atoms with E-state index >= 15 is 0 Å². The van der Waals surface area contributed by atoms with Crippen LogP contribution in [0.2, 0.25) is 0 Å². The number of carbonyl (C=O) groups is 1. The van der Waals surface area contributed by atoms with E-state index in [-0.39, 0.29) is 6.61 Å². The van der Waals surface area contributed by atoms with Crippen LogP contribution >= 0.6 is 0 Å². The van der Waals surface area contributed by atoms with Gasteiger partial charge < -0.3 is 5.11 Å². The molecule has 0 aliphatic rings. The Bertz CT molecular complexity index is 283. The van der Waals surface area contributed by atoms with Gasteiger partial charge >= 0.3 is 0 Å². The monoisotopic (exact) mass is 183 g/mol. The van der Waals surface area contributed by atoms with E-state index in [0.29, 0.717) is 18.5 Å². The maximum Gasteiger partial charge on any atom is 0.172 e. The highest BCUT2D eigenvalue weighted by molar-refractivity contribution is 5.72. The van der Waals surface area contributed by atoms with E-state index in [9.17, 15) is 4.79 Å². The number of nitrogens with zero attached hydrogens (tertiary/aromatic N) is 3. The molecule has 0 aromatic carbocycles. The molecule has 0 bridgehead atoms. The Balaban J connectivity index is 2.56. The van der Waals surface area contributed by atoms with Gasteiger partial charge in [-0.25, -0.2) is 4.68 Å². The Hall–Kier alpha value is -1.23. The molecule has 0 saturated carbocycles. The fraction of sp³-hybridized carbons (Fsp3) is 0.625. The molecule has 0 fully saturated rings. The Morgan fingerprint density at radius 2 is 2.31 bits per heavy atom. The number of aliphatic hydroxyl groups excluding tert-OH is 1. The highest BCUT2D eigenvalue weighted by Crippen LogP contribution is 2.02. The van der Waals surface area contributed by atoms with Crippen molar-refractivity contribution in [2.45, 2.75) is 26.3 Å². The second kappa shape index (κ2) is 4.71. The highest BCUT2D eigenvalue weighted by Gasteiger charge is 2.05. The van der Waals surface area contributed by atoms with Crippen LogP contribution in [-0.4, -0.2) is 33.0 Å². The minimum Gasteiger partial charge on any atom is -0.396 e. The van der Waals surface area contributed by atoms with Crippen LogP contribution in [-0.2, 0) is 6.54 Å². The van der Waals surface area contributed by atoms with Crippen LogP contribution < -0.4 is 0 Å². The zero-order valence-electron chi connectivity index (χ0n) is 7.60. The topological polar surface area (TPSA) is 68.0 Å². The Kier molecular flexibility index (Phi) is 3.57. The third-order valence-corrected chi connectivity index (χ3v) is 1.91. The lowest BCUT2D eigenvalue weighted by Crippen LogP contribution is -2.03. The summed E-state index contributed by atoms with van der Waals surface area (Å²) in [6.45, 7) is 2.70. The maximum absolute atomic E-state index is 10.4. The number of unbranched alkanes of at least 4 members (excludes halogenated alkanes) is 1. The predicted molar refractivity (Wildman–Crippen MR) is 46.5 cm³/mol. The summed E-state index contributed by atoms with van der Waals surface area (Å²) in [6, 6.07) is 0. The molecule has 0 radical (unpaired) electrons. The molecule has 1 N–H and O–H groups in total. The molecule has 0 unspecified atom stereocenters. The van der Waals surface area contributed by atoms with Crippen LogP contribution in [0.1, 0.15) is 29.0 Å². The van der Waals surface area contributed by atoms with Gasteiger partial charge in [-0.05, 0) is 19.8 Å². The van der Waals surface area contributed by atoms with Crippen LogP contribution in [0.4, 0.5) is 0 Å². The van der Waals surface area contributed by atoms with E-state index in [4.69, 9.17) is 5.11 Å². The van der Waals surface area contributed by atoms with E-state index in [1.165, 1.54) is 0 Å². The van der Waals surface area contributed by atoms with Crippen LogP contribution in [0.25, 0.3) is 0 Å². The number of aliphatic hydroxyl groups is 1. The first-order valence-electron chi connectivity index (χ1n) is 4.25. The molecule has 72 valence electrons. The third-order valence-electron chi connectivity index (χ3n) is 1.91. The molecule has 13 heavy (non-hydrogen) atoms. The maximum atomic E-state index is 10.4. The molecule has 1 heterocycles. The van der Waals surface area contributed by atoms with Crippen LogP contribution in [0.3, 0.4) is 0 Å². The Morgan fingerprint density at radius 3 is 2.85 bits per heavy atom. The highest BCUT2D eigenvalue weighted by atomic mass is 16.2. The number of aromatic nitrogens is 3. The van der Waals surface area contributed by atoms with Gasteiger partial charge in [0, 0.05) is 13.2 Å². The molecule has 0 atom stereocenters. The fourth-order valence-corrected chi connectivity index (χ4v) is 1.07. The molecule has 0 amide bonds. The van der Waals surface area contributed by atoms with Crippen molar-refractivity contribution < 1.29 is 9.90 Å². The molecule has 0 saturated heterocycles. The van der Waals surface area contributed by atoms with E-state index < -0.39 is 0 Å². The molecule has 0 aliphatic heterocycles. The summed E-state index contributed by atoms with van der Waals surface area (Å²) in [5.41, 5.74) is 1.18. The summed E-state index contributed by atoms with van der Waals surface area (Å²) in [4.78, 5) is 10.4. The number of carbonyl (C=O) groups excluding carboxylic acids is 1. The summed E-state index contributed by atoms with van der Waals surface area (Å²) in [5.74, 6) is 0. The van der Waals surface area contributed by atoms with Crippen LogP contribution in [0, 0.1) is 6.92 Å². The summed E-state index contributed by atoms with van der Waals surface area (Å²) >= 11 is 0. The smallest absolute Gasteiger partial charge is 0.172 e. The molecule has 0 aliphatic carbocycles. The summed E-state index contributed by atoms with van der Waals surface area (Å²) in [7, 11) is 0. The normalized spacial score (nSPS) is 10.3. The second-order valence-corrected chi connectivity index (χ2v) is 2.83. The molecule has 0 spiro atoms. The average Bonchev–Trinajstić information content (AvgIpc) is 2.48. The first-order chi connectivity index (χ1) is 6.29. The number of rotatable bonds is 5. The third kappa shape index (κ3) is 2.35. The van der Waals surface area contributed by atoms with Crippen molar-refractivity contribution in [1.82, 2.24) is 15.0 Å². The minimum absolute atomic E-state index is 0.189. The van der Waals surface area contributed by atoms with Gasteiger partial charge in [-0.2, -0.15) is 0 Å². The SMILES string of the molecule is Cc1c(C=O)nnn1CCCCO. The number of hydrogen-bond donors (Lipinski definition) is 1. The van der Waals surface area contributed by atoms with Gasteiger partial charge in [0.1, 0.15) is 5.69 Å². The lowest BCUT2D eigenvalue weighted by molar-refractivity contribution is 0.111. The zero-order chi connectivity index (χ0) is 9.68. The van der Waals surface area contributed by atoms with Gasteiger partial charge in [-0.3, -0.25) is 4.79 Å².